The van der Waals surface area contributed by atoms with Gasteiger partial charge in [0, 0.05) is 0 Å². The van der Waals surface area contributed by atoms with Crippen LogP contribution in [0.3, 0.4) is 0 Å². The van der Waals surface area contributed by atoms with Crippen LogP contribution in [0.15, 0.2) is 0 Å². The molecule has 134 valence electrons. The molecule has 0 aromatic carbocycles. The molecule has 0 saturated heterocycles. The maximum Gasteiger partial charge on any atom is 0.431 e. The van der Waals surface area contributed by atoms with Gasteiger partial charge in [0.05, 0.1) is 0 Å². The van der Waals surface area contributed by atoms with E-state index in [1.54, 1.807) is 0 Å². The smallest absolute Gasteiger partial charge is 0.248 e. The van der Waals surface area contributed by atoms with Gasteiger partial charge in [-0.2, -0.15) is 22.0 Å². The molecule has 0 aliphatic rings. The third-order valence-electron chi connectivity index (χ3n) is 3.06. The second kappa shape index (κ2) is 6.34. The van der Waals surface area contributed by atoms with Gasteiger partial charge in [-0.3, -0.25) is 0 Å². The van der Waals surface area contributed by atoms with E-state index >= 15 is 0 Å². The maximum atomic E-state index is 13.7. The van der Waals surface area contributed by atoms with E-state index in [0.29, 0.717) is 0 Å². The Labute approximate surface area is 116 Å². The van der Waals surface area contributed by atoms with Gasteiger partial charge in [0.1, 0.15) is 19.5 Å². The molecule has 0 aromatic rings. The molecule has 0 aromatic heterocycles. The van der Waals surface area contributed by atoms with Gasteiger partial charge < -0.3 is 0 Å². The first kappa shape index (κ1) is 21.2. The molecule has 0 saturated carbocycles. The van der Waals surface area contributed by atoms with Gasteiger partial charge >= 0.3 is 17.8 Å². The second-order valence-corrected chi connectivity index (χ2v) is 4.49. The van der Waals surface area contributed by atoms with Crippen molar-refractivity contribution in [1.82, 2.24) is 0 Å². The van der Waals surface area contributed by atoms with E-state index in [9.17, 15) is 52.7 Å². The van der Waals surface area contributed by atoms with Crippen molar-refractivity contribution in [2.45, 2.75) is 48.9 Å². The van der Waals surface area contributed by atoms with Crippen LogP contribution in [-0.2, 0) is 0 Å². The lowest BCUT2D eigenvalue weighted by Crippen LogP contribution is -2.70. The van der Waals surface area contributed by atoms with Crippen LogP contribution in [0.5, 0.6) is 0 Å². The zero-order valence-corrected chi connectivity index (χ0v) is 10.7. The van der Waals surface area contributed by atoms with E-state index in [1.807, 2.05) is 0 Å². The van der Waals surface area contributed by atoms with Crippen molar-refractivity contribution >= 4 is 0 Å². The lowest BCUT2D eigenvalue weighted by molar-refractivity contribution is -0.347. The minimum absolute atomic E-state index is 0.0524. The summed E-state index contributed by atoms with van der Waals surface area (Å²) in [4.78, 5) is 0. The zero-order valence-electron chi connectivity index (χ0n) is 10.7. The fourth-order valence-electron chi connectivity index (χ4n) is 1.53. The molecule has 0 N–H and O–H groups in total. The molecule has 0 nitrogen and oxygen atoms in total. The van der Waals surface area contributed by atoms with Crippen LogP contribution in [0.25, 0.3) is 0 Å². The fourth-order valence-corrected chi connectivity index (χ4v) is 1.53. The molecular formula is C10H10F12. The molecule has 0 rings (SSSR count). The highest BCUT2D eigenvalue weighted by Gasteiger charge is 2.81. The molecule has 5 unspecified atom stereocenters. The highest BCUT2D eigenvalue weighted by Crippen LogP contribution is 2.54. The molecular weight excluding hydrogens is 348 g/mol. The van der Waals surface area contributed by atoms with Gasteiger partial charge in [0.25, 0.3) is 0 Å². The molecule has 5 atom stereocenters. The highest BCUT2D eigenvalue weighted by molar-refractivity contribution is 5.14. The standard InChI is InChI=1S/C10H10F12/c1-4(13)7(16,3-12)6(15)8(17,10(20,21)22)9(18,19)5(14)2-11/h4-6H,2-3H2,1H3. The monoisotopic (exact) mass is 358 g/mol. The topological polar surface area (TPSA) is 0 Å². The fraction of sp³-hybridized carbons (Fsp3) is 1.00. The molecule has 0 heterocycles. The van der Waals surface area contributed by atoms with Crippen molar-refractivity contribution in [3.05, 3.63) is 0 Å². The predicted octanol–water partition coefficient (Wildman–Crippen LogP) is 4.57. The van der Waals surface area contributed by atoms with Crippen LogP contribution >= 0.6 is 0 Å². The Morgan fingerprint density at radius 2 is 1.23 bits per heavy atom. The number of hydrogen-bond acceptors (Lipinski definition) is 0. The summed E-state index contributed by atoms with van der Waals surface area (Å²) in [5.74, 6) is -6.47. The molecule has 0 amide bonds. The number of hydrogen-bond donors (Lipinski definition) is 0. The summed E-state index contributed by atoms with van der Waals surface area (Å²) in [6.07, 6.45) is -20.2. The van der Waals surface area contributed by atoms with Crippen molar-refractivity contribution in [3.63, 3.8) is 0 Å². The molecule has 0 aliphatic carbocycles. The first-order valence-electron chi connectivity index (χ1n) is 5.51. The summed E-state index contributed by atoms with van der Waals surface area (Å²) in [5, 5.41) is 0. The van der Waals surface area contributed by atoms with E-state index in [-0.39, 0.29) is 6.92 Å². The van der Waals surface area contributed by atoms with Gasteiger partial charge in [-0.1, -0.05) is 0 Å². The number of alkyl halides is 12. The van der Waals surface area contributed by atoms with E-state index < -0.39 is 55.3 Å². The van der Waals surface area contributed by atoms with E-state index in [0.717, 1.165) is 0 Å². The number of rotatable bonds is 7. The largest absolute Gasteiger partial charge is 0.431 e. The average Bonchev–Trinajstić information content (AvgIpc) is 2.41. The third-order valence-corrected chi connectivity index (χ3v) is 3.06. The van der Waals surface area contributed by atoms with E-state index in [4.69, 9.17) is 0 Å². The Hall–Kier alpha value is -0.840. The first-order chi connectivity index (χ1) is 9.64. The SMILES string of the molecule is CC(F)C(F)(CF)C(F)C(F)(C(F)(F)F)C(F)(F)C(F)CF. The minimum Gasteiger partial charge on any atom is -0.248 e. The summed E-state index contributed by atoms with van der Waals surface area (Å²) >= 11 is 0. The predicted molar refractivity (Wildman–Crippen MR) is 51.0 cm³/mol. The highest BCUT2D eigenvalue weighted by atomic mass is 19.4. The van der Waals surface area contributed by atoms with Crippen molar-refractivity contribution in [2.24, 2.45) is 0 Å². The van der Waals surface area contributed by atoms with Crippen LogP contribution in [0, 0.1) is 0 Å². The molecule has 0 spiro atoms. The van der Waals surface area contributed by atoms with E-state index in [1.165, 1.54) is 0 Å². The Morgan fingerprint density at radius 3 is 1.45 bits per heavy atom. The Bertz CT molecular complexity index is 365. The van der Waals surface area contributed by atoms with Crippen LogP contribution in [-0.4, -0.2) is 55.3 Å². The van der Waals surface area contributed by atoms with Crippen molar-refractivity contribution in [2.75, 3.05) is 13.3 Å². The molecule has 0 bridgehead atoms. The second-order valence-electron chi connectivity index (χ2n) is 4.49. The summed E-state index contributed by atoms with van der Waals surface area (Å²) in [6, 6.07) is 0. The molecule has 0 fully saturated rings. The molecule has 0 radical (unpaired) electrons. The Balaban J connectivity index is 6.27. The Morgan fingerprint density at radius 1 is 0.818 bits per heavy atom. The first-order valence-corrected chi connectivity index (χ1v) is 5.51. The minimum atomic E-state index is -6.99. The zero-order chi connectivity index (χ0) is 18.1. The Kier molecular flexibility index (Phi) is 6.10. The van der Waals surface area contributed by atoms with Gasteiger partial charge in [0.15, 0.2) is 12.3 Å². The number of halogens is 12. The lowest BCUT2D eigenvalue weighted by atomic mass is 9.79. The maximum absolute atomic E-state index is 13.7. The molecule has 22 heavy (non-hydrogen) atoms. The molecule has 0 aliphatic heterocycles. The van der Waals surface area contributed by atoms with Gasteiger partial charge in [-0.15, -0.1) is 0 Å². The van der Waals surface area contributed by atoms with Crippen LogP contribution in [0.2, 0.25) is 0 Å². The van der Waals surface area contributed by atoms with Crippen molar-refractivity contribution in [1.29, 1.82) is 0 Å². The summed E-state index contributed by atoms with van der Waals surface area (Å²) < 4.78 is 154. The van der Waals surface area contributed by atoms with Gasteiger partial charge in [0.2, 0.25) is 5.67 Å². The third kappa shape index (κ3) is 2.97. The van der Waals surface area contributed by atoms with Crippen LogP contribution in [0.4, 0.5) is 52.7 Å². The average molecular weight is 358 g/mol. The summed E-state index contributed by atoms with van der Waals surface area (Å²) in [7, 11) is 0. The summed E-state index contributed by atoms with van der Waals surface area (Å²) in [6.45, 7) is -5.87. The van der Waals surface area contributed by atoms with E-state index in [2.05, 4.69) is 0 Å². The quantitative estimate of drug-likeness (QED) is 0.585. The normalized spacial score (nSPS) is 23.3. The van der Waals surface area contributed by atoms with Crippen molar-refractivity contribution in [3.8, 4) is 0 Å². The van der Waals surface area contributed by atoms with Crippen LogP contribution in [0.1, 0.15) is 6.92 Å². The summed E-state index contributed by atoms with van der Waals surface area (Å²) in [5.41, 5.74) is -11.7. The van der Waals surface area contributed by atoms with Crippen molar-refractivity contribution < 1.29 is 52.7 Å². The lowest BCUT2D eigenvalue weighted by Gasteiger charge is -2.42. The van der Waals surface area contributed by atoms with Gasteiger partial charge in [-0.05, 0) is 6.92 Å². The van der Waals surface area contributed by atoms with Gasteiger partial charge in [-0.25, -0.2) is 30.7 Å². The van der Waals surface area contributed by atoms with Crippen LogP contribution < -0.4 is 0 Å². The molecule has 12 heteroatoms.